The first kappa shape index (κ1) is 12.6. The van der Waals surface area contributed by atoms with Gasteiger partial charge in [-0.15, -0.1) is 0 Å². The van der Waals surface area contributed by atoms with E-state index in [1.54, 1.807) is 22.4 Å². The highest BCUT2D eigenvalue weighted by Crippen LogP contribution is 2.28. The first-order valence-electron chi connectivity index (χ1n) is 5.14. The van der Waals surface area contributed by atoms with Crippen LogP contribution in [0.4, 0.5) is 0 Å². The molecular formula is C11H19BrN2O. The molecule has 4 heteroatoms. The molecule has 0 aromatic carbocycles. The van der Waals surface area contributed by atoms with Gasteiger partial charge >= 0.3 is 5.69 Å². The normalized spacial score (nSPS) is 14.2. The lowest BCUT2D eigenvalue weighted by molar-refractivity contribution is 0.237. The fraction of sp³-hybridized carbons (Fsp3) is 0.727. The van der Waals surface area contributed by atoms with Gasteiger partial charge in [0.2, 0.25) is 0 Å². The van der Waals surface area contributed by atoms with Crippen LogP contribution >= 0.6 is 15.9 Å². The molecule has 0 amide bonds. The summed E-state index contributed by atoms with van der Waals surface area (Å²) in [6, 6.07) is 0. The van der Waals surface area contributed by atoms with Crippen LogP contribution in [0.3, 0.4) is 0 Å². The summed E-state index contributed by atoms with van der Waals surface area (Å²) in [6.07, 6.45) is 3.65. The van der Waals surface area contributed by atoms with Crippen molar-refractivity contribution in [1.29, 1.82) is 0 Å². The lowest BCUT2D eigenvalue weighted by Crippen LogP contribution is -2.31. The molecule has 0 radical (unpaired) electrons. The summed E-state index contributed by atoms with van der Waals surface area (Å²) in [6.45, 7) is 7.38. The zero-order valence-corrected chi connectivity index (χ0v) is 11.4. The molecule has 1 heterocycles. The van der Waals surface area contributed by atoms with Gasteiger partial charge < -0.3 is 4.57 Å². The van der Waals surface area contributed by atoms with Gasteiger partial charge in [0, 0.05) is 31.3 Å². The zero-order chi connectivity index (χ0) is 11.6. The third-order valence-corrected chi connectivity index (χ3v) is 3.63. The van der Waals surface area contributed by atoms with Crippen molar-refractivity contribution in [1.82, 2.24) is 9.13 Å². The highest BCUT2D eigenvalue weighted by atomic mass is 79.9. The standard InChI is InChI=1S/C11H19BrN2O/c1-11(2,3)9(7-12)8-14-6-5-13(4)10(14)15/h5-6,9H,7-8H2,1-4H3. The van der Waals surface area contributed by atoms with Crippen LogP contribution in [-0.2, 0) is 13.6 Å². The molecule has 15 heavy (non-hydrogen) atoms. The van der Waals surface area contributed by atoms with E-state index in [-0.39, 0.29) is 11.1 Å². The Kier molecular flexibility index (Phi) is 3.82. The van der Waals surface area contributed by atoms with Crippen LogP contribution < -0.4 is 5.69 Å². The average molecular weight is 275 g/mol. The molecule has 1 rings (SSSR count). The number of nitrogens with zero attached hydrogens (tertiary/aromatic N) is 2. The molecule has 3 nitrogen and oxygen atoms in total. The van der Waals surface area contributed by atoms with Gasteiger partial charge in [-0.05, 0) is 11.3 Å². The van der Waals surface area contributed by atoms with Gasteiger partial charge in [-0.1, -0.05) is 36.7 Å². The molecule has 0 aliphatic heterocycles. The Labute approximate surface area is 99.2 Å². The van der Waals surface area contributed by atoms with Crippen molar-refractivity contribution in [2.45, 2.75) is 27.3 Å². The van der Waals surface area contributed by atoms with Crippen molar-refractivity contribution in [3.05, 3.63) is 22.9 Å². The van der Waals surface area contributed by atoms with Crippen molar-refractivity contribution in [2.75, 3.05) is 5.33 Å². The Balaban J connectivity index is 2.85. The predicted octanol–water partition coefficient (Wildman–Crippen LogP) is 2.24. The molecule has 86 valence electrons. The molecule has 1 atom stereocenters. The SMILES string of the molecule is Cn1ccn(CC(CBr)C(C)(C)C)c1=O. The topological polar surface area (TPSA) is 26.9 Å². The van der Waals surface area contributed by atoms with E-state index in [1.165, 1.54) is 0 Å². The molecule has 1 aromatic heterocycles. The Morgan fingerprint density at radius 1 is 1.40 bits per heavy atom. The Bertz CT molecular complexity index is 373. The number of alkyl halides is 1. The summed E-state index contributed by atoms with van der Waals surface area (Å²) < 4.78 is 3.38. The van der Waals surface area contributed by atoms with Crippen molar-refractivity contribution in [2.24, 2.45) is 18.4 Å². The van der Waals surface area contributed by atoms with Crippen LogP contribution in [0.1, 0.15) is 20.8 Å². The van der Waals surface area contributed by atoms with E-state index in [2.05, 4.69) is 36.7 Å². The minimum atomic E-state index is 0.0604. The Hall–Kier alpha value is -0.510. The summed E-state index contributed by atoms with van der Waals surface area (Å²) in [5.41, 5.74) is 0.267. The number of hydrogen-bond donors (Lipinski definition) is 0. The zero-order valence-electron chi connectivity index (χ0n) is 9.83. The van der Waals surface area contributed by atoms with Crippen molar-refractivity contribution in [3.63, 3.8) is 0 Å². The smallest absolute Gasteiger partial charge is 0.302 e. The van der Waals surface area contributed by atoms with Gasteiger partial charge in [0.25, 0.3) is 0 Å². The van der Waals surface area contributed by atoms with E-state index in [9.17, 15) is 4.79 Å². The summed E-state index contributed by atoms with van der Waals surface area (Å²) >= 11 is 3.52. The van der Waals surface area contributed by atoms with Crippen LogP contribution in [-0.4, -0.2) is 14.5 Å². The van der Waals surface area contributed by atoms with Gasteiger partial charge in [-0.25, -0.2) is 4.79 Å². The van der Waals surface area contributed by atoms with E-state index in [0.717, 1.165) is 11.9 Å². The maximum atomic E-state index is 11.7. The van der Waals surface area contributed by atoms with Crippen LogP contribution in [0.15, 0.2) is 17.2 Å². The highest BCUT2D eigenvalue weighted by Gasteiger charge is 2.24. The summed E-state index contributed by atoms with van der Waals surface area (Å²) in [7, 11) is 1.78. The molecule has 0 saturated heterocycles. The number of rotatable bonds is 3. The van der Waals surface area contributed by atoms with E-state index in [4.69, 9.17) is 0 Å². The van der Waals surface area contributed by atoms with Gasteiger partial charge in [-0.3, -0.25) is 4.57 Å². The Morgan fingerprint density at radius 2 is 2.00 bits per heavy atom. The van der Waals surface area contributed by atoms with Gasteiger partial charge in [-0.2, -0.15) is 0 Å². The largest absolute Gasteiger partial charge is 0.327 e. The second-order valence-corrected chi connectivity index (χ2v) is 5.71. The van der Waals surface area contributed by atoms with Crippen LogP contribution in [0, 0.1) is 11.3 Å². The van der Waals surface area contributed by atoms with E-state index in [1.807, 2.05) is 6.20 Å². The van der Waals surface area contributed by atoms with E-state index in [0.29, 0.717) is 5.92 Å². The fourth-order valence-corrected chi connectivity index (χ4v) is 2.62. The average Bonchev–Trinajstić information content (AvgIpc) is 2.43. The predicted molar refractivity (Wildman–Crippen MR) is 66.4 cm³/mol. The van der Waals surface area contributed by atoms with Crippen LogP contribution in [0.25, 0.3) is 0 Å². The second-order valence-electron chi connectivity index (χ2n) is 5.06. The van der Waals surface area contributed by atoms with Crippen molar-refractivity contribution >= 4 is 15.9 Å². The molecule has 0 bridgehead atoms. The number of aryl methyl sites for hydroxylation is 1. The summed E-state index contributed by atoms with van der Waals surface area (Å²) in [5, 5.41) is 0.915. The van der Waals surface area contributed by atoms with Crippen LogP contribution in [0.2, 0.25) is 0 Å². The maximum absolute atomic E-state index is 11.7. The first-order valence-corrected chi connectivity index (χ1v) is 6.26. The molecule has 0 spiro atoms. The molecule has 0 aliphatic carbocycles. The van der Waals surface area contributed by atoms with Crippen molar-refractivity contribution < 1.29 is 0 Å². The first-order chi connectivity index (χ1) is 6.86. The number of hydrogen-bond acceptors (Lipinski definition) is 1. The van der Waals surface area contributed by atoms with E-state index < -0.39 is 0 Å². The molecule has 0 fully saturated rings. The maximum Gasteiger partial charge on any atom is 0.327 e. The van der Waals surface area contributed by atoms with Crippen LogP contribution in [0.5, 0.6) is 0 Å². The lowest BCUT2D eigenvalue weighted by Gasteiger charge is -2.29. The molecule has 0 saturated carbocycles. The summed E-state index contributed by atoms with van der Waals surface area (Å²) in [4.78, 5) is 11.7. The third kappa shape index (κ3) is 2.97. The Morgan fingerprint density at radius 3 is 2.33 bits per heavy atom. The molecule has 1 unspecified atom stereocenters. The van der Waals surface area contributed by atoms with Gasteiger partial charge in [0.1, 0.15) is 0 Å². The van der Waals surface area contributed by atoms with E-state index >= 15 is 0 Å². The van der Waals surface area contributed by atoms with Gasteiger partial charge in [0.15, 0.2) is 0 Å². The highest BCUT2D eigenvalue weighted by molar-refractivity contribution is 9.09. The summed E-state index contributed by atoms with van der Waals surface area (Å²) in [5.74, 6) is 0.456. The molecule has 0 aliphatic rings. The minimum absolute atomic E-state index is 0.0604. The fourth-order valence-electron chi connectivity index (χ4n) is 1.44. The van der Waals surface area contributed by atoms with Crippen molar-refractivity contribution in [3.8, 4) is 0 Å². The third-order valence-electron chi connectivity index (χ3n) is 2.85. The minimum Gasteiger partial charge on any atom is -0.302 e. The number of halogens is 1. The quantitative estimate of drug-likeness (QED) is 0.777. The lowest BCUT2D eigenvalue weighted by atomic mass is 9.82. The molecule has 1 aromatic rings. The number of aromatic nitrogens is 2. The second kappa shape index (κ2) is 4.56. The number of imidazole rings is 1. The molecular weight excluding hydrogens is 256 g/mol. The molecule has 0 N–H and O–H groups in total. The van der Waals surface area contributed by atoms with Gasteiger partial charge in [0.05, 0.1) is 0 Å². The monoisotopic (exact) mass is 274 g/mol.